The first-order chi connectivity index (χ1) is 14.4. The van der Waals surface area contributed by atoms with Crippen molar-refractivity contribution in [3.05, 3.63) is 69.8 Å². The van der Waals surface area contributed by atoms with E-state index in [1.807, 2.05) is 12.1 Å². The summed E-state index contributed by atoms with van der Waals surface area (Å²) in [5, 5.41) is 10.5. The largest absolute Gasteiger partial charge is 0.508 e. The van der Waals surface area contributed by atoms with Gasteiger partial charge in [-0.1, -0.05) is 29.4 Å². The van der Waals surface area contributed by atoms with Crippen molar-refractivity contribution in [2.24, 2.45) is 0 Å². The minimum atomic E-state index is -0.118. The van der Waals surface area contributed by atoms with Gasteiger partial charge in [-0.3, -0.25) is 0 Å². The van der Waals surface area contributed by atoms with Crippen LogP contribution in [0.3, 0.4) is 0 Å². The first-order valence-electron chi connectivity index (χ1n) is 10.5. The van der Waals surface area contributed by atoms with E-state index in [1.54, 1.807) is 13.2 Å². The molecule has 0 saturated heterocycles. The molecule has 0 saturated carbocycles. The second-order valence-electron chi connectivity index (χ2n) is 8.61. The molecule has 0 radical (unpaired) electrons. The summed E-state index contributed by atoms with van der Waals surface area (Å²) in [7, 11) is 1.70. The maximum absolute atomic E-state index is 10.5. The first-order valence-corrected chi connectivity index (χ1v) is 10.5. The number of fused-ring (bicyclic) bond motifs is 5. The molecular weight excluding hydrogens is 376 g/mol. The minimum Gasteiger partial charge on any atom is -0.508 e. The Labute approximate surface area is 178 Å². The number of allylic oxidation sites excluding steroid dienone is 4. The van der Waals surface area contributed by atoms with E-state index in [4.69, 9.17) is 14.2 Å². The fourth-order valence-corrected chi connectivity index (χ4v) is 4.22. The van der Waals surface area contributed by atoms with Crippen LogP contribution in [0.4, 0.5) is 0 Å². The highest BCUT2D eigenvalue weighted by atomic mass is 16.5. The Hall–Kier alpha value is -2.88. The Morgan fingerprint density at radius 1 is 1.07 bits per heavy atom. The Bertz CT molecular complexity index is 1020. The normalized spacial score (nSPS) is 18.3. The predicted molar refractivity (Wildman–Crippen MR) is 119 cm³/mol. The van der Waals surface area contributed by atoms with Gasteiger partial charge in [0, 0.05) is 22.8 Å². The van der Waals surface area contributed by atoms with Gasteiger partial charge >= 0.3 is 0 Å². The lowest BCUT2D eigenvalue weighted by molar-refractivity contribution is 0.138. The zero-order valence-corrected chi connectivity index (χ0v) is 18.4. The second-order valence-corrected chi connectivity index (χ2v) is 8.61. The summed E-state index contributed by atoms with van der Waals surface area (Å²) in [6.45, 7) is 8.85. The summed E-state index contributed by atoms with van der Waals surface area (Å²) < 4.78 is 18.3. The third-order valence-electron chi connectivity index (χ3n) is 5.86. The Morgan fingerprint density at radius 2 is 1.80 bits per heavy atom. The lowest BCUT2D eigenvalue weighted by Gasteiger charge is -2.28. The summed E-state index contributed by atoms with van der Waals surface area (Å²) in [5.74, 6) is 2.87. The fraction of sp³-hybridized carbons (Fsp3) is 0.385. The summed E-state index contributed by atoms with van der Waals surface area (Å²) in [5.41, 5.74) is 6.63. The van der Waals surface area contributed by atoms with Gasteiger partial charge in [-0.05, 0) is 58.2 Å². The van der Waals surface area contributed by atoms with Crippen molar-refractivity contribution in [1.29, 1.82) is 0 Å². The highest BCUT2D eigenvalue weighted by Crippen LogP contribution is 2.54. The SMILES string of the molecule is COc1ccc2c(c1CC=C(C)C)OC1c3cc(CC=C(C)C)c(O)cc3OCC21. The molecule has 0 aliphatic carbocycles. The standard InChI is InChI=1S/C26H30O4/c1-15(2)6-8-17-12-20-24(13-22(17)27)29-14-21-18-10-11-23(28-5)19(9-7-16(3)4)25(18)30-26(20)21/h6-7,10-13,21,26-27H,8-9,14H2,1-5H3. The molecule has 158 valence electrons. The maximum atomic E-state index is 10.5. The molecule has 1 N–H and O–H groups in total. The smallest absolute Gasteiger partial charge is 0.138 e. The van der Waals surface area contributed by atoms with Crippen molar-refractivity contribution in [2.45, 2.75) is 52.6 Å². The zero-order valence-electron chi connectivity index (χ0n) is 18.4. The highest BCUT2D eigenvalue weighted by molar-refractivity contribution is 5.58. The van der Waals surface area contributed by atoms with Crippen molar-refractivity contribution < 1.29 is 19.3 Å². The van der Waals surface area contributed by atoms with Crippen LogP contribution in [-0.4, -0.2) is 18.8 Å². The van der Waals surface area contributed by atoms with E-state index in [9.17, 15) is 5.11 Å². The predicted octanol–water partition coefficient (Wildman–Crippen LogP) is 6.03. The minimum absolute atomic E-state index is 0.118. The van der Waals surface area contributed by atoms with E-state index in [2.05, 4.69) is 45.9 Å². The number of hydrogen-bond donors (Lipinski definition) is 1. The lowest BCUT2D eigenvalue weighted by Crippen LogP contribution is -2.23. The van der Waals surface area contributed by atoms with Crippen LogP contribution in [0.5, 0.6) is 23.0 Å². The van der Waals surface area contributed by atoms with Crippen LogP contribution < -0.4 is 14.2 Å². The van der Waals surface area contributed by atoms with Crippen LogP contribution in [0.1, 0.15) is 62.0 Å². The van der Waals surface area contributed by atoms with Crippen LogP contribution >= 0.6 is 0 Å². The Kier molecular flexibility index (Phi) is 5.50. The Balaban J connectivity index is 1.75. The molecule has 2 aromatic rings. The molecule has 4 nitrogen and oxygen atoms in total. The van der Waals surface area contributed by atoms with Crippen LogP contribution in [0.25, 0.3) is 0 Å². The topological polar surface area (TPSA) is 47.9 Å². The molecule has 2 aliphatic rings. The molecule has 2 atom stereocenters. The van der Waals surface area contributed by atoms with Gasteiger partial charge in [0.2, 0.25) is 0 Å². The molecule has 4 heteroatoms. The van der Waals surface area contributed by atoms with Gasteiger partial charge in [0.05, 0.1) is 19.6 Å². The van der Waals surface area contributed by atoms with Gasteiger partial charge in [0.15, 0.2) is 0 Å². The average Bonchev–Trinajstić information content (AvgIpc) is 3.09. The van der Waals surface area contributed by atoms with Crippen LogP contribution in [0, 0.1) is 0 Å². The molecule has 0 bridgehead atoms. The summed E-state index contributed by atoms with van der Waals surface area (Å²) in [4.78, 5) is 0. The number of methoxy groups -OCH3 is 1. The lowest BCUT2D eigenvalue weighted by atomic mass is 9.87. The maximum Gasteiger partial charge on any atom is 0.138 e. The third kappa shape index (κ3) is 3.67. The van der Waals surface area contributed by atoms with E-state index in [0.717, 1.165) is 34.6 Å². The van der Waals surface area contributed by atoms with Gasteiger partial charge in [0.25, 0.3) is 0 Å². The molecule has 0 spiro atoms. The average molecular weight is 407 g/mol. The molecule has 2 unspecified atom stereocenters. The van der Waals surface area contributed by atoms with Gasteiger partial charge in [-0.15, -0.1) is 0 Å². The van der Waals surface area contributed by atoms with E-state index in [-0.39, 0.29) is 17.8 Å². The molecule has 0 aromatic heterocycles. The quantitative estimate of drug-likeness (QED) is 0.616. The van der Waals surface area contributed by atoms with Gasteiger partial charge in [-0.2, -0.15) is 0 Å². The number of hydrogen-bond acceptors (Lipinski definition) is 4. The van der Waals surface area contributed by atoms with Gasteiger partial charge < -0.3 is 19.3 Å². The zero-order chi connectivity index (χ0) is 21.4. The van der Waals surface area contributed by atoms with Crippen LogP contribution in [0.2, 0.25) is 0 Å². The van der Waals surface area contributed by atoms with Crippen molar-refractivity contribution >= 4 is 0 Å². The third-order valence-corrected chi connectivity index (χ3v) is 5.86. The molecule has 2 heterocycles. The molecule has 4 rings (SSSR count). The van der Waals surface area contributed by atoms with E-state index >= 15 is 0 Å². The van der Waals surface area contributed by atoms with E-state index in [1.165, 1.54) is 16.7 Å². The molecular formula is C26H30O4. The number of ether oxygens (including phenoxy) is 3. The van der Waals surface area contributed by atoms with Gasteiger partial charge in [0.1, 0.15) is 29.1 Å². The molecule has 0 amide bonds. The van der Waals surface area contributed by atoms with Crippen molar-refractivity contribution in [3.63, 3.8) is 0 Å². The number of aromatic hydroxyl groups is 1. The number of benzene rings is 2. The van der Waals surface area contributed by atoms with Crippen LogP contribution in [-0.2, 0) is 12.8 Å². The van der Waals surface area contributed by atoms with E-state index in [0.29, 0.717) is 18.8 Å². The fourth-order valence-electron chi connectivity index (χ4n) is 4.22. The van der Waals surface area contributed by atoms with E-state index < -0.39 is 0 Å². The number of rotatable bonds is 5. The van der Waals surface area contributed by atoms with Crippen LogP contribution in [0.15, 0.2) is 47.6 Å². The van der Waals surface area contributed by atoms with Crippen molar-refractivity contribution in [2.75, 3.05) is 13.7 Å². The molecule has 0 fully saturated rings. The van der Waals surface area contributed by atoms with Gasteiger partial charge in [-0.25, -0.2) is 0 Å². The molecule has 30 heavy (non-hydrogen) atoms. The molecule has 2 aromatic carbocycles. The van der Waals surface area contributed by atoms with Crippen molar-refractivity contribution in [3.8, 4) is 23.0 Å². The summed E-state index contributed by atoms with van der Waals surface area (Å²) in [6, 6.07) is 7.91. The molecule has 2 aliphatic heterocycles. The highest BCUT2D eigenvalue weighted by Gasteiger charge is 2.42. The first kappa shape index (κ1) is 20.4. The summed E-state index contributed by atoms with van der Waals surface area (Å²) in [6.07, 6.45) is 5.65. The number of phenolic OH excluding ortho intramolecular Hbond substituents is 1. The monoisotopic (exact) mass is 406 g/mol. The Morgan fingerprint density at radius 3 is 2.50 bits per heavy atom. The van der Waals surface area contributed by atoms with Crippen molar-refractivity contribution in [1.82, 2.24) is 0 Å². The number of phenols is 1. The summed E-state index contributed by atoms with van der Waals surface area (Å²) >= 11 is 0. The second kappa shape index (κ2) is 8.10.